The minimum atomic E-state index is -0.184. The van der Waals surface area contributed by atoms with Crippen LogP contribution in [0.2, 0.25) is 0 Å². The number of piperazine rings is 1. The first-order chi connectivity index (χ1) is 12.5. The first-order valence-electron chi connectivity index (χ1n) is 8.86. The second-order valence-corrected chi connectivity index (χ2v) is 6.66. The first-order valence-corrected chi connectivity index (χ1v) is 8.86. The summed E-state index contributed by atoms with van der Waals surface area (Å²) in [4.78, 5) is 17.1. The second kappa shape index (κ2) is 7.79. The molecular formula is C21H26N2O3. The zero-order chi connectivity index (χ0) is 18.7. The van der Waals surface area contributed by atoms with E-state index >= 15 is 0 Å². The summed E-state index contributed by atoms with van der Waals surface area (Å²) in [5, 5.41) is 0. The number of aryl methyl sites for hydroxylation is 1. The van der Waals surface area contributed by atoms with Crippen LogP contribution < -0.4 is 14.4 Å². The maximum atomic E-state index is 13.0. The third kappa shape index (κ3) is 3.68. The summed E-state index contributed by atoms with van der Waals surface area (Å²) >= 11 is 0. The van der Waals surface area contributed by atoms with Crippen molar-refractivity contribution in [2.45, 2.75) is 26.4 Å². The second-order valence-electron chi connectivity index (χ2n) is 6.66. The molecule has 0 aromatic heterocycles. The Kier molecular flexibility index (Phi) is 5.47. The van der Waals surface area contributed by atoms with Crippen molar-refractivity contribution < 1.29 is 14.3 Å². The third-order valence-corrected chi connectivity index (χ3v) is 4.95. The van der Waals surface area contributed by atoms with E-state index in [4.69, 9.17) is 9.47 Å². The molecule has 138 valence electrons. The van der Waals surface area contributed by atoms with Gasteiger partial charge in [-0.15, -0.1) is 0 Å². The number of hydrogen-bond acceptors (Lipinski definition) is 4. The van der Waals surface area contributed by atoms with Gasteiger partial charge in [-0.25, -0.2) is 0 Å². The summed E-state index contributed by atoms with van der Waals surface area (Å²) in [5.74, 6) is 1.68. The fourth-order valence-electron chi connectivity index (χ4n) is 3.35. The summed E-state index contributed by atoms with van der Waals surface area (Å²) < 4.78 is 10.7. The van der Waals surface area contributed by atoms with E-state index in [-0.39, 0.29) is 11.9 Å². The number of carbonyl (C=O) groups is 1. The summed E-state index contributed by atoms with van der Waals surface area (Å²) in [6, 6.07) is 13.8. The highest BCUT2D eigenvalue weighted by atomic mass is 16.5. The van der Waals surface area contributed by atoms with Gasteiger partial charge in [0.05, 0.1) is 25.9 Å². The lowest BCUT2D eigenvalue weighted by molar-refractivity contribution is -0.125. The van der Waals surface area contributed by atoms with E-state index in [0.29, 0.717) is 6.54 Å². The number of methoxy groups -OCH3 is 2. The molecule has 2 aromatic rings. The molecule has 2 aromatic carbocycles. The fourth-order valence-corrected chi connectivity index (χ4v) is 3.35. The predicted octanol–water partition coefficient (Wildman–Crippen LogP) is 3.25. The van der Waals surface area contributed by atoms with Crippen LogP contribution in [-0.4, -0.2) is 44.2 Å². The SMILES string of the molecule is COc1ccc(CN2CCN(c3cc(C)ccc3OC)C(=O)[C@@H]2C)cc1. The van der Waals surface area contributed by atoms with Crippen LogP contribution in [0.3, 0.4) is 0 Å². The van der Waals surface area contributed by atoms with Gasteiger partial charge in [0.1, 0.15) is 11.5 Å². The number of amides is 1. The number of rotatable bonds is 5. The maximum Gasteiger partial charge on any atom is 0.244 e. The van der Waals surface area contributed by atoms with Crippen LogP contribution in [-0.2, 0) is 11.3 Å². The van der Waals surface area contributed by atoms with Crippen LogP contribution in [0.4, 0.5) is 5.69 Å². The Labute approximate surface area is 155 Å². The Hall–Kier alpha value is -2.53. The van der Waals surface area contributed by atoms with Crippen molar-refractivity contribution in [3.8, 4) is 11.5 Å². The summed E-state index contributed by atoms with van der Waals surface area (Å²) in [5.41, 5.74) is 3.14. The minimum Gasteiger partial charge on any atom is -0.497 e. The average molecular weight is 354 g/mol. The number of carbonyl (C=O) groups excluding carboxylic acids is 1. The number of hydrogen-bond donors (Lipinski definition) is 0. The fraction of sp³-hybridized carbons (Fsp3) is 0.381. The molecule has 0 spiro atoms. The number of nitrogens with zero attached hydrogens (tertiary/aromatic N) is 2. The summed E-state index contributed by atoms with van der Waals surface area (Å²) in [6.45, 7) is 6.21. The van der Waals surface area contributed by atoms with Gasteiger partial charge in [-0.1, -0.05) is 18.2 Å². The predicted molar refractivity (Wildman–Crippen MR) is 103 cm³/mol. The van der Waals surface area contributed by atoms with Crippen LogP contribution >= 0.6 is 0 Å². The highest BCUT2D eigenvalue weighted by Crippen LogP contribution is 2.31. The van der Waals surface area contributed by atoms with Gasteiger partial charge in [-0.3, -0.25) is 9.69 Å². The number of ether oxygens (including phenoxy) is 2. The molecule has 1 heterocycles. The van der Waals surface area contributed by atoms with Crippen LogP contribution in [0.25, 0.3) is 0 Å². The Morgan fingerprint density at radius 2 is 1.77 bits per heavy atom. The van der Waals surface area contributed by atoms with Crippen LogP contribution in [0.15, 0.2) is 42.5 Å². The van der Waals surface area contributed by atoms with Gasteiger partial charge in [0.25, 0.3) is 0 Å². The molecule has 5 heteroatoms. The number of anilines is 1. The van der Waals surface area contributed by atoms with Crippen molar-refractivity contribution in [3.05, 3.63) is 53.6 Å². The van der Waals surface area contributed by atoms with Gasteiger partial charge in [0.2, 0.25) is 5.91 Å². The standard InChI is InChI=1S/C21H26N2O3/c1-15-5-10-20(26-4)19(13-15)23-12-11-22(16(2)21(23)24)14-17-6-8-18(25-3)9-7-17/h5-10,13,16H,11-12,14H2,1-4H3/t16-/m0/s1. The highest BCUT2D eigenvalue weighted by molar-refractivity contribution is 5.99. The first kappa shape index (κ1) is 18.3. The van der Waals surface area contributed by atoms with Crippen molar-refractivity contribution in [2.75, 3.05) is 32.2 Å². The normalized spacial score (nSPS) is 18.1. The molecule has 1 amide bonds. The van der Waals surface area contributed by atoms with Crippen LogP contribution in [0.1, 0.15) is 18.1 Å². The van der Waals surface area contributed by atoms with Crippen molar-refractivity contribution in [2.24, 2.45) is 0 Å². The van der Waals surface area contributed by atoms with Gasteiger partial charge in [0, 0.05) is 19.6 Å². The molecule has 0 radical (unpaired) electrons. The van der Waals surface area contributed by atoms with Crippen molar-refractivity contribution >= 4 is 11.6 Å². The molecule has 1 saturated heterocycles. The molecule has 1 aliphatic heterocycles. The van der Waals surface area contributed by atoms with E-state index < -0.39 is 0 Å². The number of benzene rings is 2. The lowest BCUT2D eigenvalue weighted by Crippen LogP contribution is -2.55. The molecule has 1 atom stereocenters. The van der Waals surface area contributed by atoms with Crippen LogP contribution in [0.5, 0.6) is 11.5 Å². The van der Waals surface area contributed by atoms with Gasteiger partial charge >= 0.3 is 0 Å². The average Bonchev–Trinajstić information content (AvgIpc) is 2.66. The van der Waals surface area contributed by atoms with E-state index in [0.717, 1.165) is 35.8 Å². The molecule has 0 aliphatic carbocycles. The Morgan fingerprint density at radius 1 is 1.04 bits per heavy atom. The molecule has 3 rings (SSSR count). The van der Waals surface area contributed by atoms with Gasteiger partial charge < -0.3 is 14.4 Å². The van der Waals surface area contributed by atoms with E-state index in [1.165, 1.54) is 5.56 Å². The minimum absolute atomic E-state index is 0.105. The van der Waals surface area contributed by atoms with Crippen LogP contribution in [0, 0.1) is 6.92 Å². The molecule has 5 nitrogen and oxygen atoms in total. The molecule has 0 saturated carbocycles. The lowest BCUT2D eigenvalue weighted by Gasteiger charge is -2.39. The Balaban J connectivity index is 1.75. The van der Waals surface area contributed by atoms with E-state index in [9.17, 15) is 4.79 Å². The van der Waals surface area contributed by atoms with Gasteiger partial charge in [0.15, 0.2) is 0 Å². The molecule has 1 fully saturated rings. The monoisotopic (exact) mass is 354 g/mol. The van der Waals surface area contributed by atoms with Gasteiger partial charge in [-0.05, 0) is 49.2 Å². The van der Waals surface area contributed by atoms with E-state index in [1.807, 2.05) is 61.2 Å². The molecular weight excluding hydrogens is 328 g/mol. The molecule has 0 unspecified atom stereocenters. The molecule has 26 heavy (non-hydrogen) atoms. The largest absolute Gasteiger partial charge is 0.497 e. The van der Waals surface area contributed by atoms with E-state index in [2.05, 4.69) is 4.90 Å². The zero-order valence-corrected chi connectivity index (χ0v) is 15.9. The van der Waals surface area contributed by atoms with Crippen molar-refractivity contribution in [1.29, 1.82) is 0 Å². The van der Waals surface area contributed by atoms with E-state index in [1.54, 1.807) is 14.2 Å². The third-order valence-electron chi connectivity index (χ3n) is 4.95. The Morgan fingerprint density at radius 3 is 2.42 bits per heavy atom. The Bertz CT molecular complexity index is 773. The van der Waals surface area contributed by atoms with Gasteiger partial charge in [-0.2, -0.15) is 0 Å². The summed E-state index contributed by atoms with van der Waals surface area (Å²) in [7, 11) is 3.30. The quantitative estimate of drug-likeness (QED) is 0.827. The lowest BCUT2D eigenvalue weighted by atomic mass is 10.1. The summed E-state index contributed by atoms with van der Waals surface area (Å²) in [6.07, 6.45) is 0. The molecule has 0 bridgehead atoms. The maximum absolute atomic E-state index is 13.0. The van der Waals surface area contributed by atoms with Crippen molar-refractivity contribution in [3.63, 3.8) is 0 Å². The highest BCUT2D eigenvalue weighted by Gasteiger charge is 2.33. The molecule has 1 aliphatic rings. The van der Waals surface area contributed by atoms with Crippen molar-refractivity contribution in [1.82, 2.24) is 4.90 Å². The smallest absolute Gasteiger partial charge is 0.244 e. The zero-order valence-electron chi connectivity index (χ0n) is 15.9. The molecule has 0 N–H and O–H groups in total. The topological polar surface area (TPSA) is 42.0 Å².